The van der Waals surface area contributed by atoms with Crippen LogP contribution < -0.4 is 5.73 Å². The standard InChI is InChI=1S/C12H12FN3O/c1-7-8(2)17-12(15-7)16-11(14)9-3-5-10(13)6-4-9/h3-6H,1-2H3,(H2,14,15,16). The Morgan fingerprint density at radius 2 is 1.94 bits per heavy atom. The van der Waals surface area contributed by atoms with Crippen molar-refractivity contribution in [3.8, 4) is 0 Å². The van der Waals surface area contributed by atoms with Gasteiger partial charge in [-0.05, 0) is 38.1 Å². The number of aryl methyl sites for hydroxylation is 2. The average Bonchev–Trinajstić information content (AvgIpc) is 2.58. The van der Waals surface area contributed by atoms with E-state index in [4.69, 9.17) is 10.2 Å². The van der Waals surface area contributed by atoms with E-state index < -0.39 is 0 Å². The van der Waals surface area contributed by atoms with Crippen LogP contribution in [0.3, 0.4) is 0 Å². The Labute approximate surface area is 98.0 Å². The molecular weight excluding hydrogens is 221 g/mol. The lowest BCUT2D eigenvalue weighted by Crippen LogP contribution is -2.12. The van der Waals surface area contributed by atoms with Crippen molar-refractivity contribution in [1.29, 1.82) is 0 Å². The third kappa shape index (κ3) is 2.50. The van der Waals surface area contributed by atoms with Crippen molar-refractivity contribution in [2.75, 3.05) is 0 Å². The molecule has 1 aromatic heterocycles. The molecule has 0 aliphatic heterocycles. The molecule has 2 N–H and O–H groups in total. The largest absolute Gasteiger partial charge is 0.427 e. The first kappa shape index (κ1) is 11.3. The lowest BCUT2D eigenvalue weighted by Gasteiger charge is -1.98. The molecular formula is C12H12FN3O. The van der Waals surface area contributed by atoms with Gasteiger partial charge in [-0.25, -0.2) is 4.39 Å². The zero-order valence-corrected chi connectivity index (χ0v) is 9.57. The Balaban J connectivity index is 2.30. The lowest BCUT2D eigenvalue weighted by molar-refractivity contribution is 0.537. The van der Waals surface area contributed by atoms with Gasteiger partial charge in [-0.3, -0.25) is 0 Å². The van der Waals surface area contributed by atoms with E-state index in [1.165, 1.54) is 12.1 Å². The minimum absolute atomic E-state index is 0.210. The van der Waals surface area contributed by atoms with Crippen LogP contribution in [0.5, 0.6) is 0 Å². The van der Waals surface area contributed by atoms with Crippen LogP contribution in [0.1, 0.15) is 17.0 Å². The summed E-state index contributed by atoms with van der Waals surface area (Å²) in [6.45, 7) is 3.63. The Morgan fingerprint density at radius 3 is 2.47 bits per heavy atom. The normalized spacial score (nSPS) is 11.8. The van der Waals surface area contributed by atoms with Crippen molar-refractivity contribution in [2.24, 2.45) is 10.7 Å². The van der Waals surface area contributed by atoms with E-state index in [1.54, 1.807) is 19.1 Å². The molecule has 0 aliphatic rings. The van der Waals surface area contributed by atoms with Crippen LogP contribution in [0.15, 0.2) is 33.7 Å². The van der Waals surface area contributed by atoms with Gasteiger partial charge in [0.25, 0.3) is 0 Å². The Kier molecular flexibility index (Phi) is 2.91. The number of hydrogen-bond donors (Lipinski definition) is 1. The molecule has 2 aromatic rings. The van der Waals surface area contributed by atoms with Crippen molar-refractivity contribution >= 4 is 11.9 Å². The number of nitrogens with zero attached hydrogens (tertiary/aromatic N) is 2. The third-order valence-corrected chi connectivity index (χ3v) is 2.37. The van der Waals surface area contributed by atoms with Crippen LogP contribution in [0, 0.1) is 19.7 Å². The Bertz CT molecular complexity index is 538. The monoisotopic (exact) mass is 233 g/mol. The molecule has 0 atom stereocenters. The lowest BCUT2D eigenvalue weighted by atomic mass is 10.2. The number of hydrogen-bond acceptors (Lipinski definition) is 3. The molecule has 0 amide bonds. The fraction of sp³-hybridized carbons (Fsp3) is 0.167. The van der Waals surface area contributed by atoms with Gasteiger partial charge in [0.15, 0.2) is 0 Å². The second-order valence-corrected chi connectivity index (χ2v) is 3.64. The van der Waals surface area contributed by atoms with Crippen LogP contribution in [-0.4, -0.2) is 10.8 Å². The second kappa shape index (κ2) is 4.37. The molecule has 0 saturated carbocycles. The third-order valence-electron chi connectivity index (χ3n) is 2.37. The van der Waals surface area contributed by atoms with Crippen molar-refractivity contribution in [2.45, 2.75) is 13.8 Å². The molecule has 1 heterocycles. The molecule has 0 unspecified atom stereocenters. The summed E-state index contributed by atoms with van der Waals surface area (Å²) >= 11 is 0. The summed E-state index contributed by atoms with van der Waals surface area (Å²) in [4.78, 5) is 8.12. The summed E-state index contributed by atoms with van der Waals surface area (Å²) < 4.78 is 18.0. The minimum Gasteiger partial charge on any atom is -0.427 e. The van der Waals surface area contributed by atoms with Crippen LogP contribution in [0.4, 0.5) is 10.4 Å². The minimum atomic E-state index is -0.315. The maximum atomic E-state index is 12.7. The van der Waals surface area contributed by atoms with Gasteiger partial charge in [0, 0.05) is 5.56 Å². The fourth-order valence-corrected chi connectivity index (χ4v) is 1.29. The highest BCUT2D eigenvalue weighted by Gasteiger charge is 2.06. The molecule has 0 saturated heterocycles. The molecule has 1 aromatic carbocycles. The van der Waals surface area contributed by atoms with E-state index in [9.17, 15) is 4.39 Å². The first-order chi connectivity index (χ1) is 8.06. The van der Waals surface area contributed by atoms with Crippen LogP contribution in [-0.2, 0) is 0 Å². The van der Waals surface area contributed by atoms with E-state index in [-0.39, 0.29) is 17.7 Å². The smallest absolute Gasteiger partial charge is 0.324 e. The summed E-state index contributed by atoms with van der Waals surface area (Å²) in [5.74, 6) is 0.631. The van der Waals surface area contributed by atoms with Crippen molar-refractivity contribution in [3.05, 3.63) is 47.1 Å². The molecule has 0 fully saturated rings. The van der Waals surface area contributed by atoms with E-state index in [0.29, 0.717) is 11.3 Å². The van der Waals surface area contributed by atoms with Crippen LogP contribution in [0.25, 0.3) is 0 Å². The van der Waals surface area contributed by atoms with Gasteiger partial charge in [0.2, 0.25) is 0 Å². The first-order valence-corrected chi connectivity index (χ1v) is 5.10. The quantitative estimate of drug-likeness (QED) is 0.640. The highest BCUT2D eigenvalue weighted by atomic mass is 19.1. The molecule has 5 heteroatoms. The zero-order chi connectivity index (χ0) is 12.4. The summed E-state index contributed by atoms with van der Waals surface area (Å²) in [6.07, 6.45) is 0. The molecule has 0 aliphatic carbocycles. The Hall–Kier alpha value is -2.17. The summed E-state index contributed by atoms with van der Waals surface area (Å²) in [5.41, 5.74) is 7.16. The van der Waals surface area contributed by atoms with Crippen molar-refractivity contribution < 1.29 is 8.81 Å². The van der Waals surface area contributed by atoms with E-state index in [0.717, 1.165) is 5.69 Å². The van der Waals surface area contributed by atoms with Gasteiger partial charge in [-0.15, -0.1) is 0 Å². The fourth-order valence-electron chi connectivity index (χ4n) is 1.29. The van der Waals surface area contributed by atoms with Gasteiger partial charge in [0.05, 0.1) is 5.69 Å². The molecule has 2 rings (SSSR count). The summed E-state index contributed by atoms with van der Waals surface area (Å²) in [5, 5.41) is 0. The number of aromatic nitrogens is 1. The van der Waals surface area contributed by atoms with Crippen molar-refractivity contribution in [1.82, 2.24) is 4.98 Å². The predicted molar refractivity (Wildman–Crippen MR) is 62.8 cm³/mol. The Morgan fingerprint density at radius 1 is 1.29 bits per heavy atom. The predicted octanol–water partition coefficient (Wildman–Crippen LogP) is 2.47. The molecule has 0 spiro atoms. The van der Waals surface area contributed by atoms with Gasteiger partial charge < -0.3 is 10.2 Å². The first-order valence-electron chi connectivity index (χ1n) is 5.10. The number of aliphatic imine (C=N–C) groups is 1. The molecule has 4 nitrogen and oxygen atoms in total. The SMILES string of the molecule is Cc1nc(/N=C(\N)c2ccc(F)cc2)oc1C. The maximum Gasteiger partial charge on any atom is 0.324 e. The molecule has 88 valence electrons. The van der Waals surface area contributed by atoms with Gasteiger partial charge in [0.1, 0.15) is 17.4 Å². The number of amidine groups is 1. The highest BCUT2D eigenvalue weighted by molar-refractivity contribution is 5.98. The second-order valence-electron chi connectivity index (χ2n) is 3.64. The van der Waals surface area contributed by atoms with E-state index in [2.05, 4.69) is 9.98 Å². The number of nitrogens with two attached hydrogens (primary N) is 1. The molecule has 0 bridgehead atoms. The van der Waals surface area contributed by atoms with Crippen LogP contribution in [0.2, 0.25) is 0 Å². The number of halogens is 1. The highest BCUT2D eigenvalue weighted by Crippen LogP contribution is 2.16. The molecule has 17 heavy (non-hydrogen) atoms. The summed E-state index contributed by atoms with van der Waals surface area (Å²) in [6, 6.07) is 5.96. The zero-order valence-electron chi connectivity index (χ0n) is 9.57. The van der Waals surface area contributed by atoms with Crippen LogP contribution >= 0.6 is 0 Å². The van der Waals surface area contributed by atoms with Gasteiger partial charge >= 0.3 is 6.01 Å². The number of oxazole rings is 1. The summed E-state index contributed by atoms with van der Waals surface area (Å²) in [7, 11) is 0. The van der Waals surface area contributed by atoms with E-state index >= 15 is 0 Å². The van der Waals surface area contributed by atoms with Gasteiger partial charge in [-0.1, -0.05) is 0 Å². The number of benzene rings is 1. The maximum absolute atomic E-state index is 12.7. The molecule has 0 radical (unpaired) electrons. The number of rotatable bonds is 2. The van der Waals surface area contributed by atoms with E-state index in [1.807, 2.05) is 6.92 Å². The topological polar surface area (TPSA) is 64.4 Å². The average molecular weight is 233 g/mol. The van der Waals surface area contributed by atoms with Crippen molar-refractivity contribution in [3.63, 3.8) is 0 Å². The van der Waals surface area contributed by atoms with Gasteiger partial charge in [-0.2, -0.15) is 9.98 Å².